The molecule has 25 heavy (non-hydrogen) atoms. The molecule has 0 N–H and O–H groups in total. The number of rotatable bonds is 10. The van der Waals surface area contributed by atoms with E-state index in [2.05, 4.69) is 13.2 Å². The van der Waals surface area contributed by atoms with Crippen molar-refractivity contribution in [3.8, 4) is 0 Å². The smallest absolute Gasteiger partial charge is 0.438 e. The Kier molecular flexibility index (Phi) is 6.35. The van der Waals surface area contributed by atoms with Crippen molar-refractivity contribution in [3.63, 3.8) is 0 Å². The summed E-state index contributed by atoms with van der Waals surface area (Å²) in [6.07, 6.45) is 4.88. The molecular weight excluding hydrogens is 330 g/mol. The first-order chi connectivity index (χ1) is 11.7. The molecule has 1 aliphatic carbocycles. The lowest BCUT2D eigenvalue weighted by molar-refractivity contribution is -1.05. The van der Waals surface area contributed by atoms with Crippen molar-refractivity contribution >= 4 is 5.97 Å². The predicted octanol–water partition coefficient (Wildman–Crippen LogP) is 0.799. The third kappa shape index (κ3) is 3.36. The molecule has 1 atom stereocenters. The van der Waals surface area contributed by atoms with E-state index < -0.39 is 39.2 Å². The topological polar surface area (TPSA) is 126 Å². The van der Waals surface area contributed by atoms with E-state index in [1.165, 1.54) is 12.2 Å². The van der Waals surface area contributed by atoms with Crippen LogP contribution in [-0.2, 0) is 4.79 Å². The fraction of sp³-hybridized carbons (Fsp3) is 0.438. The Bertz CT molecular complexity index is 657. The van der Waals surface area contributed by atoms with Gasteiger partial charge in [-0.3, -0.25) is 20.2 Å². The maximum Gasteiger partial charge on any atom is 0.438 e. The van der Waals surface area contributed by atoms with Crippen LogP contribution in [0.25, 0.3) is 0 Å². The number of hydrogen-bond donors (Lipinski definition) is 0. The molecule has 0 heterocycles. The molecule has 1 rings (SSSR count). The molecule has 0 amide bonds. The number of carboxylic acids is 1. The molecule has 9 nitrogen and oxygen atoms in total. The van der Waals surface area contributed by atoms with Crippen LogP contribution in [0.1, 0.15) is 19.8 Å². The number of nitrogens with zero attached hydrogens (tertiary/aromatic N) is 3. The van der Waals surface area contributed by atoms with Gasteiger partial charge >= 0.3 is 11.4 Å². The Labute approximate surface area is 145 Å². The lowest BCUT2D eigenvalue weighted by atomic mass is 9.88. The van der Waals surface area contributed by atoms with Gasteiger partial charge in [0.15, 0.2) is 0 Å². The molecule has 0 fully saturated rings. The van der Waals surface area contributed by atoms with Crippen molar-refractivity contribution in [1.82, 2.24) is 0 Å². The Morgan fingerprint density at radius 2 is 1.88 bits per heavy atom. The van der Waals surface area contributed by atoms with E-state index in [1.807, 2.05) is 6.92 Å². The molecule has 0 aromatic carbocycles. The molecule has 9 heteroatoms. The molecule has 0 bridgehead atoms. The van der Waals surface area contributed by atoms with Crippen molar-refractivity contribution in [2.75, 3.05) is 19.6 Å². The fourth-order valence-corrected chi connectivity index (χ4v) is 3.46. The number of carbonyl (C=O) groups is 1. The Hall–Kier alpha value is -2.81. The van der Waals surface area contributed by atoms with E-state index in [9.17, 15) is 30.1 Å². The van der Waals surface area contributed by atoms with Crippen LogP contribution < -0.4 is 5.11 Å². The second kappa shape index (κ2) is 7.84. The molecular formula is C16H21N3O6. The van der Waals surface area contributed by atoms with Gasteiger partial charge < -0.3 is 9.90 Å². The monoisotopic (exact) mass is 351 g/mol. The second-order valence-corrected chi connectivity index (χ2v) is 5.82. The average molecular weight is 351 g/mol. The zero-order chi connectivity index (χ0) is 19.3. The van der Waals surface area contributed by atoms with Gasteiger partial charge in [-0.05, 0) is 18.6 Å². The number of carbonyl (C=O) groups excluding carboxylic acids is 1. The minimum absolute atomic E-state index is 0.0977. The summed E-state index contributed by atoms with van der Waals surface area (Å²) in [6, 6.07) is 0. The predicted molar refractivity (Wildman–Crippen MR) is 88.1 cm³/mol. The van der Waals surface area contributed by atoms with Crippen LogP contribution in [0.5, 0.6) is 0 Å². The minimum Gasteiger partial charge on any atom is -0.545 e. The van der Waals surface area contributed by atoms with Crippen molar-refractivity contribution < 1.29 is 24.2 Å². The van der Waals surface area contributed by atoms with Gasteiger partial charge in [0.25, 0.3) is 0 Å². The molecule has 0 saturated heterocycles. The molecule has 0 aliphatic heterocycles. The summed E-state index contributed by atoms with van der Waals surface area (Å²) in [7, 11) is 0. The summed E-state index contributed by atoms with van der Waals surface area (Å²) in [5.74, 6) is -1.61. The second-order valence-electron chi connectivity index (χ2n) is 5.82. The van der Waals surface area contributed by atoms with Crippen LogP contribution >= 0.6 is 0 Å². The first kappa shape index (κ1) is 20.2. The third-order valence-corrected chi connectivity index (χ3v) is 4.44. The average Bonchev–Trinajstić information content (AvgIpc) is 2.54. The fourth-order valence-electron chi connectivity index (χ4n) is 3.46. The van der Waals surface area contributed by atoms with Crippen LogP contribution in [0.15, 0.2) is 48.7 Å². The summed E-state index contributed by atoms with van der Waals surface area (Å²) in [5.41, 5.74) is -3.34. The summed E-state index contributed by atoms with van der Waals surface area (Å²) in [4.78, 5) is 33.3. The lowest BCUT2D eigenvalue weighted by Crippen LogP contribution is -2.70. The molecule has 1 unspecified atom stereocenters. The molecule has 0 saturated carbocycles. The number of nitro groups is 2. The van der Waals surface area contributed by atoms with Gasteiger partial charge in [-0.2, -0.15) is 0 Å². The Morgan fingerprint density at radius 1 is 1.32 bits per heavy atom. The maximum absolute atomic E-state index is 12.1. The quantitative estimate of drug-likeness (QED) is 0.188. The first-order valence-corrected chi connectivity index (χ1v) is 7.73. The van der Waals surface area contributed by atoms with Crippen molar-refractivity contribution in [1.29, 1.82) is 0 Å². The molecule has 136 valence electrons. The summed E-state index contributed by atoms with van der Waals surface area (Å²) in [5, 5.41) is 34.8. The van der Waals surface area contributed by atoms with Crippen LogP contribution in [-0.4, -0.2) is 45.6 Å². The molecule has 0 aromatic heterocycles. The van der Waals surface area contributed by atoms with Crippen LogP contribution in [0.4, 0.5) is 0 Å². The SMILES string of the molecule is C=CC[N+](CC=C)(CCC)C1([N+](=O)[O-])CC=C(C(=O)[O-])C=C1[N+](=O)[O-]. The van der Waals surface area contributed by atoms with Gasteiger partial charge in [-0.25, -0.2) is 4.48 Å². The standard InChI is InChI=1S/C16H21N3O6/c1-4-9-19(10-5-2,11-6-3)16(18(24)25)8-7-13(15(20)21)12-14(16)17(22)23/h4-5,7,12H,1-2,6,8-11H2,3H3. The lowest BCUT2D eigenvalue weighted by Gasteiger charge is -2.44. The van der Waals surface area contributed by atoms with Gasteiger partial charge in [0, 0.05) is 11.6 Å². The number of quaternary nitrogens is 1. The molecule has 1 aliphatic rings. The van der Waals surface area contributed by atoms with Crippen LogP contribution in [0.3, 0.4) is 0 Å². The van der Waals surface area contributed by atoms with Gasteiger partial charge in [0.05, 0.1) is 22.4 Å². The van der Waals surface area contributed by atoms with Crippen molar-refractivity contribution in [3.05, 3.63) is 69.0 Å². The number of carboxylic acid groups (broad SMARTS) is 1. The number of hydrogen-bond acceptors (Lipinski definition) is 6. The normalized spacial score (nSPS) is 20.2. The van der Waals surface area contributed by atoms with Gasteiger partial charge in [-0.1, -0.05) is 26.2 Å². The summed E-state index contributed by atoms with van der Waals surface area (Å²) < 4.78 is -0.298. The highest BCUT2D eigenvalue weighted by molar-refractivity contribution is 5.88. The van der Waals surface area contributed by atoms with E-state index in [4.69, 9.17) is 0 Å². The van der Waals surface area contributed by atoms with E-state index in [-0.39, 0.29) is 24.1 Å². The van der Waals surface area contributed by atoms with Crippen LogP contribution in [0.2, 0.25) is 0 Å². The summed E-state index contributed by atoms with van der Waals surface area (Å²) in [6.45, 7) is 9.53. The molecule has 0 spiro atoms. The van der Waals surface area contributed by atoms with E-state index in [0.29, 0.717) is 6.42 Å². The first-order valence-electron chi connectivity index (χ1n) is 7.73. The van der Waals surface area contributed by atoms with E-state index >= 15 is 0 Å². The highest BCUT2D eigenvalue weighted by Crippen LogP contribution is 2.41. The van der Waals surface area contributed by atoms with Crippen molar-refractivity contribution in [2.45, 2.75) is 25.4 Å². The highest BCUT2D eigenvalue weighted by Gasteiger charge is 2.69. The Balaban J connectivity index is 3.78. The summed E-state index contributed by atoms with van der Waals surface area (Å²) >= 11 is 0. The van der Waals surface area contributed by atoms with E-state index in [0.717, 1.165) is 12.2 Å². The zero-order valence-corrected chi connectivity index (χ0v) is 14.1. The van der Waals surface area contributed by atoms with Crippen LogP contribution in [0, 0.1) is 20.2 Å². The number of aliphatic carboxylic acids is 1. The zero-order valence-electron chi connectivity index (χ0n) is 14.1. The van der Waals surface area contributed by atoms with Gasteiger partial charge in [0.2, 0.25) is 0 Å². The maximum atomic E-state index is 12.1. The third-order valence-electron chi connectivity index (χ3n) is 4.44. The van der Waals surface area contributed by atoms with E-state index in [1.54, 1.807) is 0 Å². The largest absolute Gasteiger partial charge is 0.545 e. The van der Waals surface area contributed by atoms with Gasteiger partial charge in [-0.15, -0.1) is 0 Å². The Morgan fingerprint density at radius 3 is 2.24 bits per heavy atom. The van der Waals surface area contributed by atoms with Gasteiger partial charge in [0.1, 0.15) is 19.5 Å². The highest BCUT2D eigenvalue weighted by atomic mass is 16.7. The molecule has 0 aromatic rings. The minimum atomic E-state index is -2.14. The van der Waals surface area contributed by atoms with Crippen molar-refractivity contribution in [2.24, 2.45) is 0 Å². The molecule has 0 radical (unpaired) electrons.